The molecule has 0 aromatic carbocycles. The Hall–Kier alpha value is -1.93. The Balaban J connectivity index is 2.15. The molecule has 3 aliphatic rings. The zero-order valence-electron chi connectivity index (χ0n) is 24.1. The van der Waals surface area contributed by atoms with E-state index in [0.29, 0.717) is 19.4 Å². The van der Waals surface area contributed by atoms with Gasteiger partial charge in [-0.05, 0) is 51.4 Å². The number of hydrogen-bond acceptors (Lipinski definition) is 6. The van der Waals surface area contributed by atoms with Crippen LogP contribution in [0, 0.1) is 23.2 Å². The maximum absolute atomic E-state index is 14.7. The molecule has 3 heterocycles. The summed E-state index contributed by atoms with van der Waals surface area (Å²) in [5.41, 5.74) is -1.69. The van der Waals surface area contributed by atoms with Gasteiger partial charge in [0.25, 0.3) is 0 Å². The highest BCUT2D eigenvalue weighted by molar-refractivity contribution is 5.98. The number of carbonyl (C=O) groups is 3. The molecule has 0 radical (unpaired) electrons. The summed E-state index contributed by atoms with van der Waals surface area (Å²) in [6, 6.07) is -1.49. The minimum absolute atomic E-state index is 0.0448. The molecule has 37 heavy (non-hydrogen) atoms. The Morgan fingerprint density at radius 2 is 1.95 bits per heavy atom. The van der Waals surface area contributed by atoms with Gasteiger partial charge in [0.1, 0.15) is 11.6 Å². The smallest absolute Gasteiger partial charge is 0.312 e. The summed E-state index contributed by atoms with van der Waals surface area (Å²) >= 11 is 0. The predicted molar refractivity (Wildman–Crippen MR) is 141 cm³/mol. The van der Waals surface area contributed by atoms with E-state index in [1.54, 1.807) is 17.9 Å². The summed E-state index contributed by atoms with van der Waals surface area (Å²) in [4.78, 5) is 45.4. The summed E-state index contributed by atoms with van der Waals surface area (Å²) in [7, 11) is 0. The van der Waals surface area contributed by atoms with Crippen LogP contribution >= 0.6 is 0 Å². The van der Waals surface area contributed by atoms with E-state index >= 15 is 0 Å². The molecule has 2 amide bonds. The van der Waals surface area contributed by atoms with Crippen molar-refractivity contribution in [3.63, 3.8) is 0 Å². The van der Waals surface area contributed by atoms with Gasteiger partial charge in [0.2, 0.25) is 11.8 Å². The normalized spacial score (nSPS) is 30.7. The SMILES string of the molecule is C=CCN(C(=O)C1N([C@@H](CO)[C@@H](C)CC)C(=O)[C@@H]2[C@@H](C(=O)OCC)[C@H]3CCC12O3)C(C)(C)CC(C)(C)C. The summed E-state index contributed by atoms with van der Waals surface area (Å²) in [5, 5.41) is 10.5. The number of hydrogen-bond donors (Lipinski definition) is 1. The van der Waals surface area contributed by atoms with Gasteiger partial charge in [-0.15, -0.1) is 6.58 Å². The molecule has 2 unspecified atom stereocenters. The lowest BCUT2D eigenvalue weighted by Gasteiger charge is -2.47. The Labute approximate surface area is 222 Å². The van der Waals surface area contributed by atoms with E-state index in [-0.39, 0.29) is 36.4 Å². The second-order valence-electron chi connectivity index (χ2n) is 13.0. The average Bonchev–Trinajstić information content (AvgIpc) is 3.43. The molecular weight excluding hydrogens is 472 g/mol. The van der Waals surface area contributed by atoms with Gasteiger partial charge < -0.3 is 24.4 Å². The standard InChI is InChI=1S/C29H48N2O6/c1-10-15-30(28(8,9)17-27(5,6)7)25(34)23-29-14-13-20(37-29)21(26(35)36-12-3)22(29)24(33)31(23)19(16-32)18(4)11-2/h10,18-23,32H,1,11-17H2,2-9H3/t18-,19-,20+,21-,22-,23?,29?/m0/s1. The summed E-state index contributed by atoms with van der Waals surface area (Å²) in [6.07, 6.45) is 3.83. The first kappa shape index (κ1) is 29.6. The molecule has 2 bridgehead atoms. The van der Waals surface area contributed by atoms with Crippen molar-refractivity contribution in [1.29, 1.82) is 0 Å². The largest absolute Gasteiger partial charge is 0.466 e. The molecule has 0 saturated carbocycles. The summed E-state index contributed by atoms with van der Waals surface area (Å²) in [5.74, 6) is -2.53. The number of rotatable bonds is 11. The number of ether oxygens (including phenoxy) is 2. The first-order valence-corrected chi connectivity index (χ1v) is 13.9. The van der Waals surface area contributed by atoms with Crippen LogP contribution in [0.15, 0.2) is 12.7 Å². The van der Waals surface area contributed by atoms with E-state index in [9.17, 15) is 19.5 Å². The lowest BCUT2D eigenvalue weighted by atomic mass is 9.70. The highest BCUT2D eigenvalue weighted by atomic mass is 16.6. The quantitative estimate of drug-likeness (QED) is 0.331. The summed E-state index contributed by atoms with van der Waals surface area (Å²) in [6.45, 7) is 20.4. The molecule has 7 atom stereocenters. The first-order chi connectivity index (χ1) is 17.2. The third kappa shape index (κ3) is 5.08. The number of fused-ring (bicyclic) bond motifs is 1. The Morgan fingerprint density at radius 3 is 2.46 bits per heavy atom. The van der Waals surface area contributed by atoms with Gasteiger partial charge in [0, 0.05) is 12.1 Å². The average molecular weight is 521 g/mol. The van der Waals surface area contributed by atoms with Crippen molar-refractivity contribution in [2.24, 2.45) is 23.2 Å². The van der Waals surface area contributed by atoms with E-state index in [0.717, 1.165) is 12.8 Å². The molecule has 0 aromatic rings. The van der Waals surface area contributed by atoms with Crippen molar-refractivity contribution in [1.82, 2.24) is 9.80 Å². The molecule has 3 fully saturated rings. The van der Waals surface area contributed by atoms with Crippen LogP contribution in [0.4, 0.5) is 0 Å². The molecule has 8 heteroatoms. The Kier molecular flexibility index (Phi) is 8.55. The number of likely N-dealkylation sites (tertiary alicyclic amines) is 1. The maximum atomic E-state index is 14.7. The lowest BCUT2D eigenvalue weighted by Crippen LogP contribution is -2.63. The van der Waals surface area contributed by atoms with E-state index in [4.69, 9.17) is 9.47 Å². The number of carbonyl (C=O) groups excluding carboxylic acids is 3. The van der Waals surface area contributed by atoms with Gasteiger partial charge in [-0.25, -0.2) is 0 Å². The number of esters is 1. The molecule has 0 aromatic heterocycles. The van der Waals surface area contributed by atoms with Gasteiger partial charge in [-0.1, -0.05) is 47.1 Å². The fourth-order valence-corrected chi connectivity index (χ4v) is 7.35. The lowest BCUT2D eigenvalue weighted by molar-refractivity contribution is -0.158. The van der Waals surface area contributed by atoms with Gasteiger partial charge in [0.15, 0.2) is 0 Å². The van der Waals surface area contributed by atoms with Crippen molar-refractivity contribution >= 4 is 17.8 Å². The van der Waals surface area contributed by atoms with Crippen LogP contribution in [0.5, 0.6) is 0 Å². The van der Waals surface area contributed by atoms with Crippen LogP contribution < -0.4 is 0 Å². The number of aliphatic hydroxyl groups is 1. The highest BCUT2D eigenvalue weighted by Crippen LogP contribution is 2.59. The number of amides is 2. The molecule has 0 aliphatic carbocycles. The van der Waals surface area contributed by atoms with E-state index in [2.05, 4.69) is 27.4 Å². The second kappa shape index (κ2) is 10.7. The molecule has 210 valence electrons. The van der Waals surface area contributed by atoms with Gasteiger partial charge in [-0.2, -0.15) is 0 Å². The third-order valence-corrected chi connectivity index (χ3v) is 8.65. The van der Waals surface area contributed by atoms with Crippen LogP contribution in [0.3, 0.4) is 0 Å². The Bertz CT molecular complexity index is 895. The molecule has 3 saturated heterocycles. The fourth-order valence-electron chi connectivity index (χ4n) is 7.35. The van der Waals surface area contributed by atoms with Crippen molar-refractivity contribution < 1.29 is 29.0 Å². The van der Waals surface area contributed by atoms with Crippen LogP contribution in [0.2, 0.25) is 0 Å². The minimum Gasteiger partial charge on any atom is -0.466 e. The van der Waals surface area contributed by atoms with Crippen molar-refractivity contribution in [2.45, 2.75) is 110 Å². The summed E-state index contributed by atoms with van der Waals surface area (Å²) < 4.78 is 11.9. The highest BCUT2D eigenvalue weighted by Gasteiger charge is 2.76. The monoisotopic (exact) mass is 520 g/mol. The second-order valence-corrected chi connectivity index (χ2v) is 13.0. The van der Waals surface area contributed by atoms with Crippen LogP contribution in [-0.2, 0) is 23.9 Å². The van der Waals surface area contributed by atoms with Crippen LogP contribution in [0.1, 0.15) is 81.1 Å². The van der Waals surface area contributed by atoms with Crippen molar-refractivity contribution in [3.8, 4) is 0 Å². The molecule has 1 N–H and O–H groups in total. The zero-order valence-corrected chi connectivity index (χ0v) is 24.1. The first-order valence-electron chi connectivity index (χ1n) is 13.9. The van der Waals surface area contributed by atoms with E-state index in [1.165, 1.54) is 0 Å². The van der Waals surface area contributed by atoms with E-state index < -0.39 is 47.1 Å². The third-order valence-electron chi connectivity index (χ3n) is 8.65. The fraction of sp³-hybridized carbons (Fsp3) is 0.828. The van der Waals surface area contributed by atoms with Crippen molar-refractivity contribution in [2.75, 3.05) is 19.8 Å². The molecule has 8 nitrogen and oxygen atoms in total. The topological polar surface area (TPSA) is 96.4 Å². The predicted octanol–water partition coefficient (Wildman–Crippen LogP) is 3.56. The van der Waals surface area contributed by atoms with E-state index in [1.807, 2.05) is 32.6 Å². The maximum Gasteiger partial charge on any atom is 0.312 e. The minimum atomic E-state index is -1.12. The van der Waals surface area contributed by atoms with Crippen molar-refractivity contribution in [3.05, 3.63) is 12.7 Å². The molecular formula is C29H48N2O6. The zero-order chi connectivity index (χ0) is 27.9. The van der Waals surface area contributed by atoms with Gasteiger partial charge in [0.05, 0.1) is 37.2 Å². The van der Waals surface area contributed by atoms with Crippen LogP contribution in [-0.4, -0.2) is 81.8 Å². The van der Waals surface area contributed by atoms with Gasteiger partial charge in [-0.3, -0.25) is 14.4 Å². The molecule has 3 rings (SSSR count). The number of nitrogens with zero attached hydrogens (tertiary/aromatic N) is 2. The van der Waals surface area contributed by atoms with Gasteiger partial charge >= 0.3 is 5.97 Å². The Morgan fingerprint density at radius 1 is 1.30 bits per heavy atom. The number of aliphatic hydroxyl groups excluding tert-OH is 1. The van der Waals surface area contributed by atoms with Crippen LogP contribution in [0.25, 0.3) is 0 Å². The molecule has 3 aliphatic heterocycles. The molecule has 1 spiro atoms.